The standard InChI is InChI=1S/C27H37Cl2N3O5S/c1-6-19(3)30-27(34)24(7-2)31(18-20-10-12-21(28)13-11-20)26(33)9-8-16-32(38(5,35)36)22-14-15-25(37-4)23(29)17-22/h10-15,17,19,24H,6-9,16,18H2,1-5H3,(H,30,34)/t19-,24+/m1/s1. The molecule has 2 amide bonds. The van der Waals surface area contributed by atoms with Crippen molar-refractivity contribution in [3.63, 3.8) is 0 Å². The second-order valence-electron chi connectivity index (χ2n) is 9.15. The molecule has 0 aliphatic heterocycles. The summed E-state index contributed by atoms with van der Waals surface area (Å²) in [6, 6.07) is 11.1. The summed E-state index contributed by atoms with van der Waals surface area (Å²) >= 11 is 12.2. The van der Waals surface area contributed by atoms with Crippen molar-refractivity contribution in [3.05, 3.63) is 58.1 Å². The molecule has 38 heavy (non-hydrogen) atoms. The van der Waals surface area contributed by atoms with Gasteiger partial charge in [-0.05, 0) is 62.1 Å². The van der Waals surface area contributed by atoms with E-state index >= 15 is 0 Å². The number of ether oxygens (including phenoxy) is 1. The van der Waals surface area contributed by atoms with Crippen LogP contribution in [0.4, 0.5) is 5.69 Å². The number of hydrogen-bond donors (Lipinski definition) is 1. The molecule has 0 saturated heterocycles. The molecule has 0 bridgehead atoms. The Hall–Kier alpha value is -2.49. The summed E-state index contributed by atoms with van der Waals surface area (Å²) in [4.78, 5) is 28.1. The minimum Gasteiger partial charge on any atom is -0.495 e. The number of benzene rings is 2. The van der Waals surface area contributed by atoms with Crippen molar-refractivity contribution in [2.75, 3.05) is 24.2 Å². The number of sulfonamides is 1. The minimum absolute atomic E-state index is 0.0244. The lowest BCUT2D eigenvalue weighted by molar-refractivity contribution is -0.141. The molecular weight excluding hydrogens is 549 g/mol. The molecule has 8 nitrogen and oxygen atoms in total. The second kappa shape index (κ2) is 14.6. The fraction of sp³-hybridized carbons (Fsp3) is 0.481. The minimum atomic E-state index is -3.64. The van der Waals surface area contributed by atoms with Crippen LogP contribution in [-0.4, -0.2) is 57.1 Å². The molecular formula is C27H37Cl2N3O5S. The molecule has 2 rings (SSSR count). The number of carbonyl (C=O) groups excluding carboxylic acids is 2. The van der Waals surface area contributed by atoms with Crippen molar-refractivity contribution in [1.29, 1.82) is 0 Å². The molecule has 2 aromatic carbocycles. The van der Waals surface area contributed by atoms with E-state index in [0.29, 0.717) is 22.9 Å². The van der Waals surface area contributed by atoms with E-state index in [9.17, 15) is 18.0 Å². The number of methoxy groups -OCH3 is 1. The van der Waals surface area contributed by atoms with Gasteiger partial charge in [0.1, 0.15) is 11.8 Å². The molecule has 0 spiro atoms. The molecule has 0 unspecified atom stereocenters. The molecule has 0 aromatic heterocycles. The van der Waals surface area contributed by atoms with Gasteiger partial charge in [0.25, 0.3) is 0 Å². The maximum absolute atomic E-state index is 13.5. The maximum Gasteiger partial charge on any atom is 0.243 e. The van der Waals surface area contributed by atoms with Crippen LogP contribution in [0.15, 0.2) is 42.5 Å². The molecule has 0 saturated carbocycles. The predicted molar refractivity (Wildman–Crippen MR) is 153 cm³/mol. The van der Waals surface area contributed by atoms with Gasteiger partial charge in [0.05, 0.1) is 24.1 Å². The third-order valence-corrected chi connectivity index (χ3v) is 7.97. The van der Waals surface area contributed by atoms with E-state index in [1.807, 2.05) is 32.9 Å². The van der Waals surface area contributed by atoms with E-state index in [0.717, 1.165) is 18.2 Å². The number of nitrogens with one attached hydrogen (secondary N) is 1. The Labute approximate surface area is 236 Å². The number of anilines is 1. The first-order valence-electron chi connectivity index (χ1n) is 12.6. The second-order valence-corrected chi connectivity index (χ2v) is 11.9. The van der Waals surface area contributed by atoms with Crippen LogP contribution in [0.5, 0.6) is 5.75 Å². The maximum atomic E-state index is 13.5. The summed E-state index contributed by atoms with van der Waals surface area (Å²) in [6.07, 6.45) is 2.60. The highest BCUT2D eigenvalue weighted by Gasteiger charge is 2.29. The normalized spacial score (nSPS) is 12.9. The number of carbonyl (C=O) groups is 2. The zero-order chi connectivity index (χ0) is 28.5. The van der Waals surface area contributed by atoms with E-state index < -0.39 is 16.1 Å². The van der Waals surface area contributed by atoms with Gasteiger partial charge < -0.3 is 15.0 Å². The van der Waals surface area contributed by atoms with Gasteiger partial charge in [0.2, 0.25) is 21.8 Å². The fourth-order valence-electron chi connectivity index (χ4n) is 3.96. The lowest BCUT2D eigenvalue weighted by Crippen LogP contribution is -2.50. The monoisotopic (exact) mass is 585 g/mol. The largest absolute Gasteiger partial charge is 0.495 e. The molecule has 0 aliphatic rings. The van der Waals surface area contributed by atoms with E-state index in [1.54, 1.807) is 29.2 Å². The lowest BCUT2D eigenvalue weighted by atomic mass is 10.1. The van der Waals surface area contributed by atoms with Crippen LogP contribution in [-0.2, 0) is 26.2 Å². The van der Waals surface area contributed by atoms with Crippen molar-refractivity contribution in [2.24, 2.45) is 0 Å². The number of amides is 2. The molecule has 2 aromatic rings. The van der Waals surface area contributed by atoms with Crippen LogP contribution in [0.25, 0.3) is 0 Å². The number of halogens is 2. The van der Waals surface area contributed by atoms with Crippen LogP contribution >= 0.6 is 23.2 Å². The van der Waals surface area contributed by atoms with Crippen LogP contribution in [0.3, 0.4) is 0 Å². The van der Waals surface area contributed by atoms with Crippen LogP contribution in [0, 0.1) is 0 Å². The molecule has 11 heteroatoms. The Morgan fingerprint density at radius 3 is 2.24 bits per heavy atom. The Morgan fingerprint density at radius 2 is 1.71 bits per heavy atom. The van der Waals surface area contributed by atoms with Crippen molar-refractivity contribution in [3.8, 4) is 5.75 Å². The Bertz CT molecular complexity index is 1190. The van der Waals surface area contributed by atoms with E-state index in [2.05, 4.69) is 5.32 Å². The van der Waals surface area contributed by atoms with Gasteiger partial charge in [-0.3, -0.25) is 13.9 Å². The summed E-state index contributed by atoms with van der Waals surface area (Å²) in [7, 11) is -2.17. The lowest BCUT2D eigenvalue weighted by Gasteiger charge is -2.32. The number of hydrogen-bond acceptors (Lipinski definition) is 5. The molecule has 0 fully saturated rings. The molecule has 0 radical (unpaired) electrons. The quantitative estimate of drug-likeness (QED) is 0.326. The van der Waals surface area contributed by atoms with Crippen molar-refractivity contribution in [2.45, 2.75) is 65.1 Å². The zero-order valence-electron chi connectivity index (χ0n) is 22.5. The van der Waals surface area contributed by atoms with E-state index in [4.69, 9.17) is 27.9 Å². The van der Waals surface area contributed by atoms with Gasteiger partial charge in [-0.15, -0.1) is 0 Å². The van der Waals surface area contributed by atoms with Gasteiger partial charge in [0.15, 0.2) is 0 Å². The van der Waals surface area contributed by atoms with Crippen LogP contribution in [0.2, 0.25) is 10.0 Å². The predicted octanol–water partition coefficient (Wildman–Crippen LogP) is 5.27. The van der Waals surface area contributed by atoms with Gasteiger partial charge in [-0.25, -0.2) is 8.42 Å². The van der Waals surface area contributed by atoms with Crippen LogP contribution in [0.1, 0.15) is 52.0 Å². The molecule has 2 atom stereocenters. The topological polar surface area (TPSA) is 96.0 Å². The van der Waals surface area contributed by atoms with Gasteiger partial charge in [-0.2, -0.15) is 0 Å². The first-order chi connectivity index (χ1) is 17.9. The highest BCUT2D eigenvalue weighted by Crippen LogP contribution is 2.30. The fourth-order valence-corrected chi connectivity index (χ4v) is 5.30. The molecule has 0 aliphatic carbocycles. The smallest absolute Gasteiger partial charge is 0.243 e. The molecule has 1 N–H and O–H groups in total. The number of rotatable bonds is 14. The molecule has 0 heterocycles. The third-order valence-electron chi connectivity index (χ3n) is 6.23. The summed E-state index contributed by atoms with van der Waals surface area (Å²) in [5.41, 5.74) is 1.21. The highest BCUT2D eigenvalue weighted by molar-refractivity contribution is 7.92. The first-order valence-corrected chi connectivity index (χ1v) is 15.2. The van der Waals surface area contributed by atoms with Crippen molar-refractivity contribution >= 4 is 50.7 Å². The van der Waals surface area contributed by atoms with Crippen molar-refractivity contribution in [1.82, 2.24) is 10.2 Å². The third kappa shape index (κ3) is 9.06. The Balaban J connectivity index is 2.24. The average molecular weight is 587 g/mol. The first kappa shape index (κ1) is 31.7. The van der Waals surface area contributed by atoms with Crippen molar-refractivity contribution < 1.29 is 22.7 Å². The average Bonchev–Trinajstić information content (AvgIpc) is 2.86. The van der Waals surface area contributed by atoms with Gasteiger partial charge in [-0.1, -0.05) is 49.2 Å². The highest BCUT2D eigenvalue weighted by atomic mass is 35.5. The summed E-state index contributed by atoms with van der Waals surface area (Å²) in [5, 5.41) is 3.83. The van der Waals surface area contributed by atoms with Gasteiger partial charge in [0, 0.05) is 30.6 Å². The summed E-state index contributed by atoms with van der Waals surface area (Å²) in [5.74, 6) is -0.0275. The zero-order valence-corrected chi connectivity index (χ0v) is 24.9. The summed E-state index contributed by atoms with van der Waals surface area (Å²) < 4.78 is 31.5. The van der Waals surface area contributed by atoms with Crippen LogP contribution < -0.4 is 14.4 Å². The number of nitrogens with zero attached hydrogens (tertiary/aromatic N) is 2. The summed E-state index contributed by atoms with van der Waals surface area (Å²) in [6.45, 7) is 6.05. The van der Waals surface area contributed by atoms with E-state index in [-0.39, 0.29) is 48.8 Å². The Kier molecular flexibility index (Phi) is 12.2. The molecule has 210 valence electrons. The Morgan fingerprint density at radius 1 is 1.05 bits per heavy atom. The van der Waals surface area contributed by atoms with Gasteiger partial charge >= 0.3 is 0 Å². The SMILES string of the molecule is CC[C@@H](C)NC(=O)[C@H](CC)N(Cc1ccc(Cl)cc1)C(=O)CCCN(c1ccc(OC)c(Cl)c1)S(C)(=O)=O. The van der Waals surface area contributed by atoms with E-state index in [1.165, 1.54) is 17.5 Å².